The number of aromatic nitrogens is 2. The van der Waals surface area contributed by atoms with Gasteiger partial charge in [0.25, 0.3) is 0 Å². The third kappa shape index (κ3) is 3.07. The Hall–Kier alpha value is -2.36. The third-order valence-electron chi connectivity index (χ3n) is 4.23. The van der Waals surface area contributed by atoms with Gasteiger partial charge >= 0.3 is 0 Å². The second-order valence-corrected chi connectivity index (χ2v) is 6.00. The number of unbranched alkanes of at least 4 members (excludes halogenated alkanes) is 2. The molecule has 2 aromatic carbocycles. The van der Waals surface area contributed by atoms with Crippen molar-refractivity contribution in [3.05, 3.63) is 47.8 Å². The van der Waals surface area contributed by atoms with Crippen LogP contribution in [0.15, 0.2) is 36.4 Å². The minimum Gasteiger partial charge on any atom is -0.398 e. The number of imidazole rings is 1. The zero-order chi connectivity index (χ0) is 16.4. The summed E-state index contributed by atoms with van der Waals surface area (Å²) in [7, 11) is 0. The zero-order valence-electron chi connectivity index (χ0n) is 13.6. The van der Waals surface area contributed by atoms with Crippen molar-refractivity contribution in [2.75, 3.05) is 5.73 Å². The lowest BCUT2D eigenvalue weighted by atomic mass is 10.1. The number of hydrogen-bond acceptors (Lipinski definition) is 2. The van der Waals surface area contributed by atoms with E-state index in [-0.39, 0.29) is 5.82 Å². The Balaban J connectivity index is 2.13. The SMILES string of the molecule is CCCCCn1c(-c2ccc(C)c(N)c2)nc2cc(F)ccc21. The summed E-state index contributed by atoms with van der Waals surface area (Å²) in [5, 5.41) is 0. The average Bonchev–Trinajstić information content (AvgIpc) is 2.88. The van der Waals surface area contributed by atoms with Gasteiger partial charge in [-0.25, -0.2) is 9.37 Å². The topological polar surface area (TPSA) is 43.8 Å². The largest absolute Gasteiger partial charge is 0.398 e. The van der Waals surface area contributed by atoms with Gasteiger partial charge in [0, 0.05) is 23.9 Å². The van der Waals surface area contributed by atoms with Crippen LogP contribution in [0, 0.1) is 12.7 Å². The molecule has 1 heterocycles. The third-order valence-corrected chi connectivity index (χ3v) is 4.23. The van der Waals surface area contributed by atoms with Crippen molar-refractivity contribution in [3.63, 3.8) is 0 Å². The number of hydrogen-bond donors (Lipinski definition) is 1. The van der Waals surface area contributed by atoms with E-state index >= 15 is 0 Å². The number of aryl methyl sites for hydroxylation is 2. The molecule has 0 spiro atoms. The van der Waals surface area contributed by atoms with E-state index in [2.05, 4.69) is 16.5 Å². The molecule has 2 N–H and O–H groups in total. The molecule has 0 atom stereocenters. The van der Waals surface area contributed by atoms with E-state index in [9.17, 15) is 4.39 Å². The summed E-state index contributed by atoms with van der Waals surface area (Å²) >= 11 is 0. The van der Waals surface area contributed by atoms with E-state index in [0.717, 1.165) is 54.0 Å². The molecule has 0 saturated carbocycles. The minimum atomic E-state index is -0.259. The van der Waals surface area contributed by atoms with E-state index in [1.807, 2.05) is 31.2 Å². The first-order valence-electron chi connectivity index (χ1n) is 8.12. The minimum absolute atomic E-state index is 0.259. The van der Waals surface area contributed by atoms with Crippen molar-refractivity contribution in [2.24, 2.45) is 0 Å². The predicted molar refractivity (Wildman–Crippen MR) is 93.8 cm³/mol. The molecule has 3 rings (SSSR count). The second-order valence-electron chi connectivity index (χ2n) is 6.00. The molecule has 1 aromatic heterocycles. The van der Waals surface area contributed by atoms with Gasteiger partial charge in [-0.05, 0) is 37.1 Å². The average molecular weight is 311 g/mol. The van der Waals surface area contributed by atoms with Crippen LogP contribution >= 0.6 is 0 Å². The van der Waals surface area contributed by atoms with Crippen LogP contribution in [-0.4, -0.2) is 9.55 Å². The molecule has 3 aromatic rings. The lowest BCUT2D eigenvalue weighted by Gasteiger charge is -2.10. The second kappa shape index (κ2) is 6.41. The summed E-state index contributed by atoms with van der Waals surface area (Å²) in [5.41, 5.74) is 10.5. The number of fused-ring (bicyclic) bond motifs is 1. The van der Waals surface area contributed by atoms with Gasteiger partial charge in [-0.2, -0.15) is 0 Å². The molecule has 0 aliphatic rings. The molecular weight excluding hydrogens is 289 g/mol. The van der Waals surface area contributed by atoms with E-state index in [1.165, 1.54) is 12.1 Å². The van der Waals surface area contributed by atoms with Crippen molar-refractivity contribution >= 4 is 16.7 Å². The number of benzene rings is 2. The van der Waals surface area contributed by atoms with Gasteiger partial charge in [0.1, 0.15) is 11.6 Å². The molecule has 0 radical (unpaired) electrons. The number of rotatable bonds is 5. The standard InChI is InChI=1S/C19H22FN3/c1-3-4-5-10-23-18-9-8-15(20)12-17(18)22-19(23)14-7-6-13(2)16(21)11-14/h6-9,11-12H,3-5,10,21H2,1-2H3. The highest BCUT2D eigenvalue weighted by Gasteiger charge is 2.13. The maximum atomic E-state index is 13.5. The molecular formula is C19H22FN3. The monoisotopic (exact) mass is 311 g/mol. The Bertz CT molecular complexity index is 836. The van der Waals surface area contributed by atoms with Crippen molar-refractivity contribution < 1.29 is 4.39 Å². The Morgan fingerprint density at radius 3 is 2.70 bits per heavy atom. The fraction of sp³-hybridized carbons (Fsp3) is 0.316. The molecule has 4 heteroatoms. The fourth-order valence-electron chi connectivity index (χ4n) is 2.85. The van der Waals surface area contributed by atoms with Crippen LogP contribution in [0.5, 0.6) is 0 Å². The van der Waals surface area contributed by atoms with Crippen molar-refractivity contribution in [3.8, 4) is 11.4 Å². The number of anilines is 1. The normalized spacial score (nSPS) is 11.3. The Kier molecular flexibility index (Phi) is 4.33. The molecule has 0 fully saturated rings. The molecule has 0 bridgehead atoms. The van der Waals surface area contributed by atoms with E-state index in [1.54, 1.807) is 0 Å². The lowest BCUT2D eigenvalue weighted by molar-refractivity contribution is 0.616. The summed E-state index contributed by atoms with van der Waals surface area (Å²) in [6.45, 7) is 5.04. The first-order chi connectivity index (χ1) is 11.1. The van der Waals surface area contributed by atoms with Crippen molar-refractivity contribution in [1.82, 2.24) is 9.55 Å². The van der Waals surface area contributed by atoms with Gasteiger partial charge in [0.15, 0.2) is 0 Å². The van der Waals surface area contributed by atoms with Crippen LogP contribution in [-0.2, 0) is 6.54 Å². The highest BCUT2D eigenvalue weighted by molar-refractivity contribution is 5.81. The zero-order valence-corrected chi connectivity index (χ0v) is 13.6. The quantitative estimate of drug-likeness (QED) is 0.536. The van der Waals surface area contributed by atoms with E-state index in [0.29, 0.717) is 5.52 Å². The molecule has 0 aliphatic heterocycles. The summed E-state index contributed by atoms with van der Waals surface area (Å²) in [6, 6.07) is 10.8. The van der Waals surface area contributed by atoms with Crippen molar-refractivity contribution in [1.29, 1.82) is 0 Å². The predicted octanol–water partition coefficient (Wildman–Crippen LogP) is 4.92. The van der Waals surface area contributed by atoms with E-state index < -0.39 is 0 Å². The number of nitrogens with two attached hydrogens (primary N) is 1. The highest BCUT2D eigenvalue weighted by atomic mass is 19.1. The van der Waals surface area contributed by atoms with Crippen LogP contribution in [0.25, 0.3) is 22.4 Å². The Morgan fingerprint density at radius 1 is 1.13 bits per heavy atom. The van der Waals surface area contributed by atoms with Crippen LogP contribution in [0.1, 0.15) is 31.7 Å². The maximum absolute atomic E-state index is 13.5. The van der Waals surface area contributed by atoms with Gasteiger partial charge < -0.3 is 10.3 Å². The summed E-state index contributed by atoms with van der Waals surface area (Å²) in [6.07, 6.45) is 3.40. The van der Waals surface area contributed by atoms with Gasteiger partial charge in [-0.1, -0.05) is 31.9 Å². The summed E-state index contributed by atoms with van der Waals surface area (Å²) in [5.74, 6) is 0.596. The van der Waals surface area contributed by atoms with Crippen LogP contribution in [0.2, 0.25) is 0 Å². The van der Waals surface area contributed by atoms with Crippen LogP contribution in [0.3, 0.4) is 0 Å². The Labute approximate surface area is 136 Å². The number of halogens is 1. The first-order valence-corrected chi connectivity index (χ1v) is 8.12. The molecule has 23 heavy (non-hydrogen) atoms. The van der Waals surface area contributed by atoms with Crippen LogP contribution < -0.4 is 5.73 Å². The van der Waals surface area contributed by atoms with Gasteiger partial charge in [-0.15, -0.1) is 0 Å². The summed E-state index contributed by atoms with van der Waals surface area (Å²) < 4.78 is 15.7. The summed E-state index contributed by atoms with van der Waals surface area (Å²) in [4.78, 5) is 4.66. The number of nitrogen functional groups attached to an aromatic ring is 1. The van der Waals surface area contributed by atoms with Crippen LogP contribution in [0.4, 0.5) is 10.1 Å². The fourth-order valence-corrected chi connectivity index (χ4v) is 2.85. The van der Waals surface area contributed by atoms with E-state index in [4.69, 9.17) is 5.73 Å². The molecule has 3 nitrogen and oxygen atoms in total. The Morgan fingerprint density at radius 2 is 1.96 bits per heavy atom. The molecule has 0 unspecified atom stereocenters. The smallest absolute Gasteiger partial charge is 0.141 e. The number of nitrogens with zero attached hydrogens (tertiary/aromatic N) is 2. The molecule has 0 aliphatic carbocycles. The molecule has 0 amide bonds. The first kappa shape index (κ1) is 15.5. The van der Waals surface area contributed by atoms with Gasteiger partial charge in [-0.3, -0.25) is 0 Å². The molecule has 0 saturated heterocycles. The van der Waals surface area contributed by atoms with Gasteiger partial charge in [0.2, 0.25) is 0 Å². The highest BCUT2D eigenvalue weighted by Crippen LogP contribution is 2.28. The maximum Gasteiger partial charge on any atom is 0.141 e. The van der Waals surface area contributed by atoms with Crippen molar-refractivity contribution in [2.45, 2.75) is 39.7 Å². The lowest BCUT2D eigenvalue weighted by Crippen LogP contribution is -2.01. The molecule has 120 valence electrons. The van der Waals surface area contributed by atoms with Gasteiger partial charge in [0.05, 0.1) is 11.0 Å².